The molecule has 3 rings (SSSR count). The fourth-order valence-corrected chi connectivity index (χ4v) is 2.79. The van der Waals surface area contributed by atoms with Crippen LogP contribution in [0.4, 0.5) is 5.69 Å². The molecule has 1 aromatic carbocycles. The maximum atomic E-state index is 12.6. The van der Waals surface area contributed by atoms with Gasteiger partial charge in [0.1, 0.15) is 5.75 Å². The Kier molecular flexibility index (Phi) is 3.78. The van der Waals surface area contributed by atoms with E-state index in [0.717, 1.165) is 25.9 Å². The average Bonchev–Trinajstić information content (AvgIpc) is 2.50. The van der Waals surface area contributed by atoms with Crippen molar-refractivity contribution in [1.29, 1.82) is 0 Å². The van der Waals surface area contributed by atoms with Gasteiger partial charge in [-0.15, -0.1) is 0 Å². The van der Waals surface area contributed by atoms with E-state index in [9.17, 15) is 9.59 Å². The van der Waals surface area contributed by atoms with Crippen LogP contribution in [0.3, 0.4) is 0 Å². The third-order valence-electron chi connectivity index (χ3n) is 4.37. The van der Waals surface area contributed by atoms with Crippen molar-refractivity contribution >= 4 is 17.5 Å². The number of piperidine rings is 1. The average molecular weight is 303 g/mol. The minimum absolute atomic E-state index is 0.0918. The van der Waals surface area contributed by atoms with Crippen molar-refractivity contribution < 1.29 is 14.3 Å². The second-order valence-electron chi connectivity index (χ2n) is 6.14. The molecule has 0 spiro atoms. The highest BCUT2D eigenvalue weighted by molar-refractivity contribution is 6.15. The molecule has 6 heteroatoms. The first-order valence-electron chi connectivity index (χ1n) is 7.58. The maximum Gasteiger partial charge on any atom is 0.278 e. The predicted molar refractivity (Wildman–Crippen MR) is 82.8 cm³/mol. The number of likely N-dealkylation sites (tertiary alicyclic amines) is 1. The summed E-state index contributed by atoms with van der Waals surface area (Å²) in [5, 5.41) is 5.70. The Balaban J connectivity index is 1.72. The molecule has 2 heterocycles. The van der Waals surface area contributed by atoms with Gasteiger partial charge >= 0.3 is 0 Å². The Morgan fingerprint density at radius 1 is 1.36 bits per heavy atom. The number of para-hydroxylation sites is 2. The quantitative estimate of drug-likeness (QED) is 0.799. The smallest absolute Gasteiger partial charge is 0.278 e. The largest absolute Gasteiger partial charge is 0.466 e. The Labute approximate surface area is 129 Å². The summed E-state index contributed by atoms with van der Waals surface area (Å²) in [7, 11) is 2.06. The fraction of sp³-hybridized carbons (Fsp3) is 0.500. The first kappa shape index (κ1) is 14.8. The van der Waals surface area contributed by atoms with E-state index < -0.39 is 11.5 Å². The first-order valence-corrected chi connectivity index (χ1v) is 7.58. The summed E-state index contributed by atoms with van der Waals surface area (Å²) in [6, 6.07) is 7.21. The van der Waals surface area contributed by atoms with Gasteiger partial charge in [-0.25, -0.2) is 0 Å². The van der Waals surface area contributed by atoms with Crippen molar-refractivity contribution in [2.75, 3.05) is 25.5 Å². The van der Waals surface area contributed by atoms with Crippen LogP contribution in [0.1, 0.15) is 19.8 Å². The number of carbonyl (C=O) groups is 2. The Morgan fingerprint density at radius 2 is 2.05 bits per heavy atom. The van der Waals surface area contributed by atoms with Crippen LogP contribution in [0.15, 0.2) is 24.3 Å². The number of rotatable bonds is 2. The number of nitrogens with zero attached hydrogens (tertiary/aromatic N) is 1. The lowest BCUT2D eigenvalue weighted by Crippen LogP contribution is -2.61. The van der Waals surface area contributed by atoms with Crippen LogP contribution >= 0.6 is 0 Å². The van der Waals surface area contributed by atoms with Crippen molar-refractivity contribution in [3.63, 3.8) is 0 Å². The number of anilines is 1. The number of nitrogens with one attached hydrogen (secondary N) is 2. The minimum atomic E-state index is -1.53. The molecule has 1 atom stereocenters. The van der Waals surface area contributed by atoms with Gasteiger partial charge in [-0.05, 0) is 52.0 Å². The minimum Gasteiger partial charge on any atom is -0.466 e. The van der Waals surface area contributed by atoms with Gasteiger partial charge in [-0.3, -0.25) is 9.59 Å². The molecule has 22 heavy (non-hydrogen) atoms. The molecule has 0 saturated carbocycles. The van der Waals surface area contributed by atoms with E-state index in [0.29, 0.717) is 11.4 Å². The lowest BCUT2D eigenvalue weighted by atomic mass is 9.99. The van der Waals surface area contributed by atoms with Crippen LogP contribution in [-0.2, 0) is 9.59 Å². The SMILES string of the molecule is CN1CCC(NC(=O)[C@]2(C)Oc3ccccc3NC2=O)CC1. The van der Waals surface area contributed by atoms with Crippen LogP contribution < -0.4 is 15.4 Å². The van der Waals surface area contributed by atoms with Crippen molar-refractivity contribution in [2.45, 2.75) is 31.4 Å². The van der Waals surface area contributed by atoms with Gasteiger partial charge in [0, 0.05) is 6.04 Å². The lowest BCUT2D eigenvalue weighted by molar-refractivity contribution is -0.147. The number of fused-ring (bicyclic) bond motifs is 1. The van der Waals surface area contributed by atoms with E-state index in [4.69, 9.17) is 4.74 Å². The fourth-order valence-electron chi connectivity index (χ4n) is 2.79. The zero-order valence-electron chi connectivity index (χ0n) is 12.9. The highest BCUT2D eigenvalue weighted by Crippen LogP contribution is 2.33. The molecule has 0 bridgehead atoms. The van der Waals surface area contributed by atoms with E-state index in [-0.39, 0.29) is 11.9 Å². The second-order valence-corrected chi connectivity index (χ2v) is 6.14. The second kappa shape index (κ2) is 5.61. The van der Waals surface area contributed by atoms with Gasteiger partial charge in [-0.1, -0.05) is 12.1 Å². The molecule has 1 fully saturated rings. The van der Waals surface area contributed by atoms with Gasteiger partial charge in [0.25, 0.3) is 17.4 Å². The van der Waals surface area contributed by atoms with Gasteiger partial charge in [-0.2, -0.15) is 0 Å². The van der Waals surface area contributed by atoms with Crippen LogP contribution in [0, 0.1) is 0 Å². The summed E-state index contributed by atoms with van der Waals surface area (Å²) in [4.78, 5) is 27.1. The number of hydrogen-bond donors (Lipinski definition) is 2. The first-order chi connectivity index (χ1) is 10.5. The molecule has 2 aliphatic rings. The number of amides is 2. The zero-order chi connectivity index (χ0) is 15.7. The Bertz CT molecular complexity index is 596. The normalized spacial score (nSPS) is 25.8. The van der Waals surface area contributed by atoms with E-state index in [2.05, 4.69) is 22.6 Å². The molecule has 2 aliphatic heterocycles. The van der Waals surface area contributed by atoms with Crippen LogP contribution in [0.25, 0.3) is 0 Å². The molecule has 1 aromatic rings. The van der Waals surface area contributed by atoms with Gasteiger partial charge in [0.15, 0.2) is 0 Å². The third-order valence-corrected chi connectivity index (χ3v) is 4.37. The molecular formula is C16H21N3O3. The summed E-state index contributed by atoms with van der Waals surface area (Å²) < 4.78 is 5.72. The monoisotopic (exact) mass is 303 g/mol. The van der Waals surface area contributed by atoms with E-state index in [1.54, 1.807) is 12.1 Å². The van der Waals surface area contributed by atoms with Crippen molar-refractivity contribution in [1.82, 2.24) is 10.2 Å². The molecule has 0 radical (unpaired) electrons. The molecule has 118 valence electrons. The predicted octanol–water partition coefficient (Wildman–Crippen LogP) is 0.987. The molecule has 1 saturated heterocycles. The van der Waals surface area contributed by atoms with Crippen molar-refractivity contribution in [2.24, 2.45) is 0 Å². The molecule has 2 amide bonds. The topological polar surface area (TPSA) is 70.7 Å². The Morgan fingerprint density at radius 3 is 2.77 bits per heavy atom. The molecule has 0 aliphatic carbocycles. The molecule has 6 nitrogen and oxygen atoms in total. The molecular weight excluding hydrogens is 282 g/mol. The molecule has 2 N–H and O–H groups in total. The van der Waals surface area contributed by atoms with E-state index in [1.165, 1.54) is 6.92 Å². The van der Waals surface area contributed by atoms with Crippen LogP contribution in [0.5, 0.6) is 5.75 Å². The van der Waals surface area contributed by atoms with E-state index >= 15 is 0 Å². The van der Waals surface area contributed by atoms with Crippen molar-refractivity contribution in [3.05, 3.63) is 24.3 Å². The lowest BCUT2D eigenvalue weighted by Gasteiger charge is -2.36. The summed E-state index contributed by atoms with van der Waals surface area (Å²) in [6.45, 7) is 3.40. The zero-order valence-corrected chi connectivity index (χ0v) is 12.9. The number of carbonyl (C=O) groups excluding carboxylic acids is 2. The number of benzene rings is 1. The summed E-state index contributed by atoms with van der Waals surface area (Å²) in [6.07, 6.45) is 1.77. The number of hydrogen-bond acceptors (Lipinski definition) is 4. The molecule has 0 unspecified atom stereocenters. The number of ether oxygens (including phenoxy) is 1. The van der Waals surface area contributed by atoms with Gasteiger partial charge in [0.05, 0.1) is 5.69 Å². The van der Waals surface area contributed by atoms with Gasteiger partial charge in [0.2, 0.25) is 0 Å². The summed E-state index contributed by atoms with van der Waals surface area (Å²) in [5.41, 5.74) is -0.936. The Hall–Kier alpha value is -2.08. The van der Waals surface area contributed by atoms with Crippen molar-refractivity contribution in [3.8, 4) is 5.75 Å². The summed E-state index contributed by atoms with van der Waals surface area (Å²) in [5.74, 6) is -0.297. The van der Waals surface area contributed by atoms with E-state index in [1.807, 2.05) is 12.1 Å². The third kappa shape index (κ3) is 2.66. The highest BCUT2D eigenvalue weighted by Gasteiger charge is 2.47. The van der Waals surface area contributed by atoms with Crippen LogP contribution in [-0.4, -0.2) is 48.5 Å². The maximum absolute atomic E-state index is 12.6. The molecule has 0 aromatic heterocycles. The summed E-state index contributed by atoms with van der Waals surface area (Å²) >= 11 is 0. The standard InChI is InChI=1S/C16H21N3O3/c1-16(14(20)17-11-7-9-19(2)10-8-11)15(21)18-12-5-3-4-6-13(12)22-16/h3-6,11H,7-10H2,1-2H3,(H,17,20)(H,18,21)/t16-/m0/s1. The van der Waals surface area contributed by atoms with Crippen LogP contribution in [0.2, 0.25) is 0 Å². The highest BCUT2D eigenvalue weighted by atomic mass is 16.5. The van der Waals surface area contributed by atoms with Gasteiger partial charge < -0.3 is 20.3 Å².